The number of benzene rings is 3. The van der Waals surface area contributed by atoms with Crippen LogP contribution in [0.5, 0.6) is 0 Å². The van der Waals surface area contributed by atoms with Crippen molar-refractivity contribution < 1.29 is 0 Å². The fourth-order valence-corrected chi connectivity index (χ4v) is 2.73. The number of nitrogens with two attached hydrogens (primary N) is 3. The van der Waals surface area contributed by atoms with Crippen LogP contribution in [-0.2, 0) is 0 Å². The molecule has 0 amide bonds. The Kier molecular flexibility index (Phi) is 3.81. The third-order valence-electron chi connectivity index (χ3n) is 3.58. The van der Waals surface area contributed by atoms with Crippen LogP contribution >= 0.6 is 0 Å². The summed E-state index contributed by atoms with van der Waals surface area (Å²) in [6, 6.07) is 21.6. The van der Waals surface area contributed by atoms with Gasteiger partial charge in [-0.2, -0.15) is 0 Å². The Labute approximate surface area is 136 Å². The van der Waals surface area contributed by atoms with Crippen molar-refractivity contribution in [2.24, 2.45) is 0 Å². The van der Waals surface area contributed by atoms with Crippen LogP contribution in [0, 0.1) is 6.92 Å². The molecule has 4 nitrogen and oxygen atoms in total. The van der Waals surface area contributed by atoms with Crippen molar-refractivity contribution in [1.29, 1.82) is 0 Å². The van der Waals surface area contributed by atoms with E-state index in [1.807, 2.05) is 61.5 Å². The second kappa shape index (κ2) is 5.93. The molecule has 3 aromatic rings. The zero-order valence-electron chi connectivity index (χ0n) is 13.0. The van der Waals surface area contributed by atoms with Gasteiger partial charge in [0.25, 0.3) is 0 Å². The number of hydrogen-bond donors (Lipinski definition) is 3. The van der Waals surface area contributed by atoms with Gasteiger partial charge in [0.2, 0.25) is 0 Å². The largest absolute Gasteiger partial charge is 0.399 e. The molecular weight excluding hydrogens is 284 g/mol. The normalized spacial score (nSPS) is 10.5. The van der Waals surface area contributed by atoms with Crippen LogP contribution in [0.15, 0.2) is 66.7 Å². The van der Waals surface area contributed by atoms with Gasteiger partial charge in [-0.25, -0.2) is 0 Å². The summed E-state index contributed by atoms with van der Waals surface area (Å²) < 4.78 is 0. The monoisotopic (exact) mass is 304 g/mol. The van der Waals surface area contributed by atoms with Crippen molar-refractivity contribution in [3.8, 4) is 0 Å². The van der Waals surface area contributed by atoms with Crippen LogP contribution in [0.1, 0.15) is 5.56 Å². The molecule has 0 bridgehead atoms. The van der Waals surface area contributed by atoms with Gasteiger partial charge >= 0.3 is 0 Å². The zero-order chi connectivity index (χ0) is 16.4. The van der Waals surface area contributed by atoms with Crippen molar-refractivity contribution in [3.05, 3.63) is 72.3 Å². The van der Waals surface area contributed by atoms with Crippen molar-refractivity contribution in [3.63, 3.8) is 0 Å². The molecule has 23 heavy (non-hydrogen) atoms. The molecular formula is C19H20N4. The number of nitrogen functional groups attached to an aromatic ring is 3. The van der Waals surface area contributed by atoms with E-state index in [2.05, 4.69) is 11.0 Å². The van der Waals surface area contributed by atoms with E-state index in [1.165, 1.54) is 0 Å². The van der Waals surface area contributed by atoms with Gasteiger partial charge in [0, 0.05) is 28.4 Å². The van der Waals surface area contributed by atoms with Gasteiger partial charge in [-0.15, -0.1) is 0 Å². The highest BCUT2D eigenvalue weighted by Crippen LogP contribution is 2.37. The maximum absolute atomic E-state index is 6.04. The third kappa shape index (κ3) is 3.21. The Morgan fingerprint density at radius 2 is 1.13 bits per heavy atom. The molecule has 0 saturated heterocycles. The average molecular weight is 304 g/mol. The highest BCUT2D eigenvalue weighted by atomic mass is 15.1. The highest BCUT2D eigenvalue weighted by Gasteiger charge is 2.14. The first-order valence-electron chi connectivity index (χ1n) is 7.41. The molecule has 0 aromatic heterocycles. The summed E-state index contributed by atoms with van der Waals surface area (Å²) in [7, 11) is 0. The lowest BCUT2D eigenvalue weighted by Crippen LogP contribution is -2.11. The standard InChI is InChI=1S/C19H20N4/c1-13-7-14(20)10-18(8-13)23(17-5-3-2-4-6-17)19-11-15(21)9-16(22)12-19/h2-12H,20-22H2,1H3. The van der Waals surface area contributed by atoms with E-state index in [0.717, 1.165) is 28.3 Å². The molecule has 0 aliphatic carbocycles. The molecule has 0 aliphatic heterocycles. The first-order chi connectivity index (χ1) is 11.0. The summed E-state index contributed by atoms with van der Waals surface area (Å²) in [6.45, 7) is 2.02. The van der Waals surface area contributed by atoms with Crippen LogP contribution < -0.4 is 22.1 Å². The Hall–Kier alpha value is -3.14. The van der Waals surface area contributed by atoms with E-state index < -0.39 is 0 Å². The van der Waals surface area contributed by atoms with E-state index in [0.29, 0.717) is 11.4 Å². The van der Waals surface area contributed by atoms with E-state index >= 15 is 0 Å². The molecule has 3 rings (SSSR count). The predicted molar refractivity (Wildman–Crippen MR) is 99.1 cm³/mol. The number of aryl methyl sites for hydroxylation is 1. The van der Waals surface area contributed by atoms with Crippen LogP contribution in [0.25, 0.3) is 0 Å². The lowest BCUT2D eigenvalue weighted by Gasteiger charge is -2.26. The van der Waals surface area contributed by atoms with Crippen molar-refractivity contribution >= 4 is 34.1 Å². The maximum atomic E-state index is 6.04. The molecule has 0 saturated carbocycles. The van der Waals surface area contributed by atoms with Crippen molar-refractivity contribution in [2.75, 3.05) is 22.1 Å². The summed E-state index contributed by atoms with van der Waals surface area (Å²) in [5, 5.41) is 0. The predicted octanol–water partition coefficient (Wildman–Crippen LogP) is 4.21. The number of anilines is 6. The van der Waals surface area contributed by atoms with E-state index in [4.69, 9.17) is 17.2 Å². The fourth-order valence-electron chi connectivity index (χ4n) is 2.73. The zero-order valence-corrected chi connectivity index (χ0v) is 13.0. The summed E-state index contributed by atoms with van der Waals surface area (Å²) in [5.41, 5.74) is 24.0. The second-order valence-electron chi connectivity index (χ2n) is 5.63. The van der Waals surface area contributed by atoms with Gasteiger partial charge in [0.05, 0.1) is 5.69 Å². The van der Waals surface area contributed by atoms with Crippen molar-refractivity contribution in [1.82, 2.24) is 0 Å². The maximum Gasteiger partial charge on any atom is 0.0502 e. The minimum atomic E-state index is 0.626. The quantitative estimate of drug-likeness (QED) is 0.633. The topological polar surface area (TPSA) is 81.3 Å². The van der Waals surface area contributed by atoms with Crippen LogP contribution in [0.4, 0.5) is 34.1 Å². The lowest BCUT2D eigenvalue weighted by molar-refractivity contribution is 1.27. The highest BCUT2D eigenvalue weighted by molar-refractivity contribution is 5.81. The molecule has 116 valence electrons. The minimum absolute atomic E-state index is 0.626. The molecule has 0 unspecified atom stereocenters. The first kappa shape index (κ1) is 14.8. The Balaban J connectivity index is 2.22. The van der Waals surface area contributed by atoms with Gasteiger partial charge in [-0.05, 0) is 61.0 Å². The first-order valence-corrected chi connectivity index (χ1v) is 7.41. The van der Waals surface area contributed by atoms with Gasteiger partial charge in [-0.3, -0.25) is 0 Å². The molecule has 0 aliphatic rings. The van der Waals surface area contributed by atoms with Gasteiger partial charge in [0.15, 0.2) is 0 Å². The summed E-state index contributed by atoms with van der Waals surface area (Å²) in [5.74, 6) is 0. The molecule has 0 heterocycles. The second-order valence-corrected chi connectivity index (χ2v) is 5.63. The molecule has 4 heteroatoms. The fraction of sp³-hybridized carbons (Fsp3) is 0.0526. The summed E-state index contributed by atoms with van der Waals surface area (Å²) in [6.07, 6.45) is 0. The molecule has 6 N–H and O–H groups in total. The van der Waals surface area contributed by atoms with E-state index in [9.17, 15) is 0 Å². The number of rotatable bonds is 3. The Morgan fingerprint density at radius 3 is 1.70 bits per heavy atom. The van der Waals surface area contributed by atoms with E-state index in [1.54, 1.807) is 6.07 Å². The van der Waals surface area contributed by atoms with E-state index in [-0.39, 0.29) is 0 Å². The smallest absolute Gasteiger partial charge is 0.0502 e. The SMILES string of the molecule is Cc1cc(N)cc(N(c2ccccc2)c2cc(N)cc(N)c2)c1. The molecule has 0 spiro atoms. The van der Waals surface area contributed by atoms with Crippen LogP contribution in [0.2, 0.25) is 0 Å². The van der Waals surface area contributed by atoms with Gasteiger partial charge < -0.3 is 22.1 Å². The summed E-state index contributed by atoms with van der Waals surface area (Å²) >= 11 is 0. The molecule has 0 fully saturated rings. The van der Waals surface area contributed by atoms with Gasteiger partial charge in [-0.1, -0.05) is 18.2 Å². The molecule has 3 aromatic carbocycles. The number of para-hydroxylation sites is 1. The Morgan fingerprint density at radius 1 is 0.609 bits per heavy atom. The minimum Gasteiger partial charge on any atom is -0.399 e. The van der Waals surface area contributed by atoms with Gasteiger partial charge in [0.1, 0.15) is 0 Å². The average Bonchev–Trinajstić information content (AvgIpc) is 2.46. The third-order valence-corrected chi connectivity index (χ3v) is 3.58. The lowest BCUT2D eigenvalue weighted by atomic mass is 10.1. The Bertz CT molecular complexity index is 736. The number of nitrogens with zero attached hydrogens (tertiary/aromatic N) is 1. The molecule has 0 radical (unpaired) electrons. The molecule has 0 atom stereocenters. The van der Waals surface area contributed by atoms with Crippen molar-refractivity contribution in [2.45, 2.75) is 6.92 Å². The summed E-state index contributed by atoms with van der Waals surface area (Å²) in [4.78, 5) is 2.09. The van der Waals surface area contributed by atoms with Crippen LogP contribution in [0.3, 0.4) is 0 Å². The van der Waals surface area contributed by atoms with Crippen LogP contribution in [-0.4, -0.2) is 0 Å². The number of hydrogen-bond acceptors (Lipinski definition) is 4.